The number of hydrogen-bond donors (Lipinski definition) is 3. The van der Waals surface area contributed by atoms with Crippen LogP contribution in [0.25, 0.3) is 0 Å². The minimum absolute atomic E-state index is 0.123. The Balaban J connectivity index is 1.53. The van der Waals surface area contributed by atoms with Crippen molar-refractivity contribution in [2.75, 3.05) is 22.1 Å². The van der Waals surface area contributed by atoms with Gasteiger partial charge < -0.3 is 16.4 Å². The number of primary amides is 1. The summed E-state index contributed by atoms with van der Waals surface area (Å²) >= 11 is 2.67. The molecule has 1 aliphatic carbocycles. The number of hydrogen-bond acceptors (Lipinski definition) is 5. The molecule has 8 heteroatoms. The molecule has 4 N–H and O–H groups in total. The number of aryl methyl sites for hydroxylation is 1. The smallest absolute Gasteiger partial charge is 0.251 e. The highest BCUT2D eigenvalue weighted by Crippen LogP contribution is 2.39. The highest BCUT2D eigenvalue weighted by Gasteiger charge is 2.27. The minimum atomic E-state index is -0.502. The fraction of sp³-hybridized carbons (Fsp3) is 0.381. The Labute approximate surface area is 178 Å². The number of nitrogens with two attached hydrogens (primary N) is 1. The predicted molar refractivity (Wildman–Crippen MR) is 120 cm³/mol. The van der Waals surface area contributed by atoms with Gasteiger partial charge in [-0.3, -0.25) is 14.4 Å². The first kappa shape index (κ1) is 21.4. The zero-order valence-corrected chi connectivity index (χ0v) is 18.2. The molecule has 3 amide bonds. The van der Waals surface area contributed by atoms with Gasteiger partial charge in [-0.05, 0) is 55.4 Å². The number of nitrogens with one attached hydrogen (secondary N) is 2. The fourth-order valence-corrected chi connectivity index (χ4v) is 5.47. The normalized spacial score (nSPS) is 15.4. The number of carbonyl (C=O) groups excluding carboxylic acids is 3. The summed E-state index contributed by atoms with van der Waals surface area (Å²) in [4.78, 5) is 37.5. The number of fused-ring (bicyclic) bond motifs is 1. The van der Waals surface area contributed by atoms with Crippen LogP contribution in [-0.4, -0.2) is 29.2 Å². The van der Waals surface area contributed by atoms with Crippen LogP contribution in [0.4, 0.5) is 10.7 Å². The zero-order valence-electron chi connectivity index (χ0n) is 16.5. The van der Waals surface area contributed by atoms with E-state index in [0.29, 0.717) is 16.5 Å². The minimum Gasteiger partial charge on any atom is -0.365 e. The van der Waals surface area contributed by atoms with Crippen molar-refractivity contribution in [3.8, 4) is 0 Å². The summed E-state index contributed by atoms with van der Waals surface area (Å²) in [6.45, 7) is 4.14. The Bertz CT molecular complexity index is 939. The van der Waals surface area contributed by atoms with Gasteiger partial charge in [0.2, 0.25) is 11.8 Å². The Morgan fingerprint density at radius 1 is 1.21 bits per heavy atom. The van der Waals surface area contributed by atoms with Crippen LogP contribution in [0.2, 0.25) is 0 Å². The van der Waals surface area contributed by atoms with Crippen molar-refractivity contribution in [3.63, 3.8) is 0 Å². The van der Waals surface area contributed by atoms with E-state index in [0.717, 1.165) is 41.0 Å². The maximum atomic E-state index is 12.3. The lowest BCUT2D eigenvalue weighted by Gasteiger charge is -2.18. The van der Waals surface area contributed by atoms with Crippen LogP contribution in [0, 0.1) is 12.8 Å². The van der Waals surface area contributed by atoms with E-state index in [9.17, 15) is 14.4 Å². The number of rotatable bonds is 7. The third-order valence-electron chi connectivity index (χ3n) is 4.78. The Kier molecular flexibility index (Phi) is 6.97. The summed E-state index contributed by atoms with van der Waals surface area (Å²) in [5.41, 5.74) is 8.82. The van der Waals surface area contributed by atoms with Gasteiger partial charge in [-0.15, -0.1) is 23.1 Å². The van der Waals surface area contributed by atoms with Crippen molar-refractivity contribution >= 4 is 51.5 Å². The van der Waals surface area contributed by atoms with E-state index in [4.69, 9.17) is 5.73 Å². The molecule has 29 heavy (non-hydrogen) atoms. The highest BCUT2D eigenvalue weighted by molar-refractivity contribution is 8.00. The van der Waals surface area contributed by atoms with Gasteiger partial charge in [0.25, 0.3) is 5.91 Å². The molecule has 0 saturated heterocycles. The van der Waals surface area contributed by atoms with Gasteiger partial charge in [-0.1, -0.05) is 19.1 Å². The molecule has 0 fully saturated rings. The number of carbonyl (C=O) groups is 3. The lowest BCUT2D eigenvalue weighted by molar-refractivity contribution is -0.114. The van der Waals surface area contributed by atoms with Crippen molar-refractivity contribution in [2.24, 2.45) is 11.7 Å². The van der Waals surface area contributed by atoms with E-state index in [1.54, 1.807) is 0 Å². The van der Waals surface area contributed by atoms with Crippen LogP contribution >= 0.6 is 23.1 Å². The first-order valence-corrected chi connectivity index (χ1v) is 11.5. The molecular weight excluding hydrogens is 406 g/mol. The molecule has 1 unspecified atom stereocenters. The van der Waals surface area contributed by atoms with Crippen LogP contribution in [0.5, 0.6) is 0 Å². The highest BCUT2D eigenvalue weighted by atomic mass is 32.2. The van der Waals surface area contributed by atoms with Crippen LogP contribution in [-0.2, 0) is 22.4 Å². The number of amides is 3. The summed E-state index contributed by atoms with van der Waals surface area (Å²) in [5.74, 6) is -0.0503. The number of thioether (sulfide) groups is 1. The summed E-state index contributed by atoms with van der Waals surface area (Å²) in [6.07, 6.45) is 2.74. The average molecular weight is 432 g/mol. The standard InChI is InChI=1S/C21H25N3O3S2/c1-12-4-3-5-14(8-12)23-17(25)10-28-11-18(26)24-21-19(20(22)27)15-7-6-13(2)9-16(15)29-21/h3-5,8,13H,6-7,9-11H2,1-2H3,(H2,22,27)(H,23,25)(H,24,26). The molecule has 0 spiro atoms. The molecule has 0 bridgehead atoms. The Morgan fingerprint density at radius 2 is 1.93 bits per heavy atom. The third kappa shape index (κ3) is 5.61. The molecule has 1 aromatic carbocycles. The number of thiophene rings is 1. The molecule has 1 atom stereocenters. The maximum absolute atomic E-state index is 12.3. The molecule has 1 aliphatic rings. The molecule has 0 aliphatic heterocycles. The molecule has 1 aromatic heterocycles. The van der Waals surface area contributed by atoms with Crippen molar-refractivity contribution in [3.05, 3.63) is 45.8 Å². The molecule has 1 heterocycles. The lowest BCUT2D eigenvalue weighted by Crippen LogP contribution is -2.21. The molecule has 3 rings (SSSR count). The first-order chi connectivity index (χ1) is 13.8. The molecular formula is C21H25N3O3S2. The second kappa shape index (κ2) is 9.45. The van der Waals surface area contributed by atoms with Gasteiger partial charge in [0, 0.05) is 10.6 Å². The first-order valence-electron chi connectivity index (χ1n) is 9.52. The third-order valence-corrected chi connectivity index (χ3v) is 6.88. The quantitative estimate of drug-likeness (QED) is 0.623. The average Bonchev–Trinajstić information content (AvgIpc) is 2.98. The zero-order chi connectivity index (χ0) is 21.0. The Hall–Kier alpha value is -2.32. The molecule has 154 valence electrons. The summed E-state index contributed by atoms with van der Waals surface area (Å²) in [6, 6.07) is 7.55. The van der Waals surface area contributed by atoms with Crippen molar-refractivity contribution < 1.29 is 14.4 Å². The van der Waals surface area contributed by atoms with Crippen molar-refractivity contribution in [1.29, 1.82) is 0 Å². The second-order valence-corrected chi connectivity index (χ2v) is 9.47. The molecule has 6 nitrogen and oxygen atoms in total. The van der Waals surface area contributed by atoms with E-state index < -0.39 is 5.91 Å². The summed E-state index contributed by atoms with van der Waals surface area (Å²) in [5, 5.41) is 6.17. The summed E-state index contributed by atoms with van der Waals surface area (Å²) < 4.78 is 0. The van der Waals surface area contributed by atoms with Crippen LogP contribution in [0.1, 0.15) is 39.7 Å². The van der Waals surface area contributed by atoms with E-state index in [2.05, 4.69) is 17.6 Å². The maximum Gasteiger partial charge on any atom is 0.251 e. The second-order valence-electron chi connectivity index (χ2n) is 7.38. The van der Waals surface area contributed by atoms with Gasteiger partial charge in [-0.2, -0.15) is 0 Å². The largest absolute Gasteiger partial charge is 0.365 e. The lowest BCUT2D eigenvalue weighted by atomic mass is 9.88. The van der Waals surface area contributed by atoms with Crippen LogP contribution in [0.15, 0.2) is 24.3 Å². The Morgan fingerprint density at radius 3 is 2.62 bits per heavy atom. The van der Waals surface area contributed by atoms with Gasteiger partial charge in [0.1, 0.15) is 5.00 Å². The van der Waals surface area contributed by atoms with E-state index >= 15 is 0 Å². The van der Waals surface area contributed by atoms with Crippen molar-refractivity contribution in [2.45, 2.75) is 33.1 Å². The van der Waals surface area contributed by atoms with Gasteiger partial charge >= 0.3 is 0 Å². The number of anilines is 2. The summed E-state index contributed by atoms with van der Waals surface area (Å²) in [7, 11) is 0. The van der Waals surface area contributed by atoms with Crippen LogP contribution in [0.3, 0.4) is 0 Å². The molecule has 0 radical (unpaired) electrons. The van der Waals surface area contributed by atoms with Gasteiger partial charge in [0.15, 0.2) is 0 Å². The molecule has 2 aromatic rings. The predicted octanol–water partition coefficient (Wildman–Crippen LogP) is 3.59. The molecule has 0 saturated carbocycles. The topological polar surface area (TPSA) is 101 Å². The van der Waals surface area contributed by atoms with Gasteiger partial charge in [0.05, 0.1) is 17.1 Å². The monoisotopic (exact) mass is 431 g/mol. The van der Waals surface area contributed by atoms with E-state index in [-0.39, 0.29) is 23.3 Å². The van der Waals surface area contributed by atoms with Gasteiger partial charge in [-0.25, -0.2) is 0 Å². The van der Waals surface area contributed by atoms with Crippen LogP contribution < -0.4 is 16.4 Å². The number of benzene rings is 1. The van der Waals surface area contributed by atoms with Crippen molar-refractivity contribution in [1.82, 2.24) is 0 Å². The SMILES string of the molecule is Cc1cccc(NC(=O)CSCC(=O)Nc2sc3c(c2C(N)=O)CCC(C)C3)c1. The fourth-order valence-electron chi connectivity index (χ4n) is 3.42. The van der Waals surface area contributed by atoms with E-state index in [1.165, 1.54) is 23.1 Å². The van der Waals surface area contributed by atoms with E-state index in [1.807, 2.05) is 31.2 Å².